The van der Waals surface area contributed by atoms with Crippen LogP contribution in [0.1, 0.15) is 0 Å². The summed E-state index contributed by atoms with van der Waals surface area (Å²) in [6.45, 7) is 0. The molecule has 0 N–H and O–H groups in total. The van der Waals surface area contributed by atoms with Gasteiger partial charge in [0.05, 0.1) is 5.52 Å². The van der Waals surface area contributed by atoms with Crippen LogP contribution in [0.4, 0.5) is 0 Å². The zero-order valence-corrected chi connectivity index (χ0v) is 8.86. The Labute approximate surface area is 87.2 Å². The Kier molecular flexibility index (Phi) is 2.02. The minimum Gasteiger partial charge on any atom is -0.276 e. The number of halogens is 3. The topological polar surface area (TPSA) is 17.3 Å². The highest BCUT2D eigenvalue weighted by molar-refractivity contribution is 9.10. The van der Waals surface area contributed by atoms with Crippen LogP contribution in [0.2, 0.25) is 10.3 Å². The average molecular weight is 266 g/mol. The highest BCUT2D eigenvalue weighted by Crippen LogP contribution is 2.25. The van der Waals surface area contributed by atoms with E-state index in [9.17, 15) is 0 Å². The molecule has 12 heavy (non-hydrogen) atoms. The Bertz CT molecular complexity index is 438. The van der Waals surface area contributed by atoms with Crippen molar-refractivity contribution in [2.45, 2.75) is 0 Å². The molecule has 0 saturated heterocycles. The maximum Gasteiger partial charge on any atom is 0.184 e. The maximum absolute atomic E-state index is 5.91. The van der Waals surface area contributed by atoms with E-state index < -0.39 is 0 Å². The lowest BCUT2D eigenvalue weighted by Gasteiger charge is -1.96. The van der Waals surface area contributed by atoms with E-state index in [1.165, 1.54) is 0 Å². The zero-order chi connectivity index (χ0) is 8.72. The van der Waals surface area contributed by atoms with E-state index in [0.717, 1.165) is 5.52 Å². The molecule has 0 fully saturated rings. The van der Waals surface area contributed by atoms with Gasteiger partial charge in [0, 0.05) is 0 Å². The van der Waals surface area contributed by atoms with Gasteiger partial charge < -0.3 is 0 Å². The summed E-state index contributed by atoms with van der Waals surface area (Å²) in [4.78, 5) is 4.01. The average Bonchev–Trinajstić information content (AvgIpc) is 2.29. The van der Waals surface area contributed by atoms with E-state index in [1.807, 2.05) is 12.1 Å². The van der Waals surface area contributed by atoms with E-state index in [-0.39, 0.29) is 0 Å². The minimum atomic E-state index is 0.448. The largest absolute Gasteiger partial charge is 0.276 e. The fourth-order valence-electron chi connectivity index (χ4n) is 1.02. The van der Waals surface area contributed by atoms with Gasteiger partial charge in [0.15, 0.2) is 9.89 Å². The van der Waals surface area contributed by atoms with Crippen LogP contribution in [0, 0.1) is 0 Å². The fourth-order valence-corrected chi connectivity index (χ4v) is 2.25. The Morgan fingerprint density at radius 2 is 2.08 bits per heavy atom. The van der Waals surface area contributed by atoms with Crippen molar-refractivity contribution in [1.29, 1.82) is 0 Å². The number of hydrogen-bond acceptors (Lipinski definition) is 1. The lowest BCUT2D eigenvalue weighted by atomic mass is 10.4. The Balaban J connectivity index is 2.99. The van der Waals surface area contributed by atoms with Gasteiger partial charge in [0.25, 0.3) is 0 Å². The highest BCUT2D eigenvalue weighted by Gasteiger charge is 2.08. The Morgan fingerprint density at radius 1 is 1.33 bits per heavy atom. The summed E-state index contributed by atoms with van der Waals surface area (Å²) in [7, 11) is 0. The van der Waals surface area contributed by atoms with Gasteiger partial charge in [-0.25, -0.2) is 4.98 Å². The van der Waals surface area contributed by atoms with Crippen LogP contribution in [0.25, 0.3) is 5.52 Å². The summed E-state index contributed by atoms with van der Waals surface area (Å²) in [5.74, 6) is 0. The molecule has 0 aromatic carbocycles. The summed E-state index contributed by atoms with van der Waals surface area (Å²) < 4.78 is 2.34. The molecule has 0 unspecified atom stereocenters. The van der Waals surface area contributed by atoms with Crippen molar-refractivity contribution in [3.63, 3.8) is 0 Å². The monoisotopic (exact) mass is 264 g/mol. The molecule has 0 bridgehead atoms. The molecule has 2 nitrogen and oxygen atoms in total. The van der Waals surface area contributed by atoms with Gasteiger partial charge >= 0.3 is 0 Å². The lowest BCUT2D eigenvalue weighted by molar-refractivity contribution is 1.10. The second-order valence-electron chi connectivity index (χ2n) is 2.24. The summed E-state index contributed by atoms with van der Waals surface area (Å²) in [6, 6.07) is 5.46. The SMILES string of the molecule is Clc1nc(Br)n2c(Cl)cccc12. The smallest absolute Gasteiger partial charge is 0.184 e. The Hall–Kier alpha value is -0.250. The standard InChI is InChI=1S/C7H3BrCl2N2/c8-7-11-6(10)4-2-1-3-5(9)12(4)7/h1-3H. The van der Waals surface area contributed by atoms with Crippen molar-refractivity contribution < 1.29 is 0 Å². The first-order valence-corrected chi connectivity index (χ1v) is 4.73. The van der Waals surface area contributed by atoms with E-state index in [0.29, 0.717) is 15.0 Å². The summed E-state index contributed by atoms with van der Waals surface area (Å²) in [6.07, 6.45) is 0. The summed E-state index contributed by atoms with van der Waals surface area (Å²) in [5.41, 5.74) is 0.802. The zero-order valence-electron chi connectivity index (χ0n) is 5.76. The van der Waals surface area contributed by atoms with Crippen molar-refractivity contribution in [1.82, 2.24) is 9.38 Å². The second kappa shape index (κ2) is 2.91. The third-order valence-corrected chi connectivity index (χ3v) is 2.63. The molecule has 2 rings (SSSR count). The molecule has 5 heteroatoms. The van der Waals surface area contributed by atoms with Crippen LogP contribution < -0.4 is 0 Å². The van der Waals surface area contributed by atoms with Crippen molar-refractivity contribution in [3.05, 3.63) is 33.2 Å². The predicted molar refractivity (Wildman–Crippen MR) is 52.9 cm³/mol. The van der Waals surface area contributed by atoms with Crippen LogP contribution in [0.3, 0.4) is 0 Å². The molecule has 2 aromatic heterocycles. The van der Waals surface area contributed by atoms with Crippen LogP contribution in [-0.2, 0) is 0 Å². The van der Waals surface area contributed by atoms with Gasteiger partial charge in [-0.05, 0) is 28.1 Å². The number of hydrogen-bond donors (Lipinski definition) is 0. The molecule has 2 heterocycles. The van der Waals surface area contributed by atoms with E-state index in [2.05, 4.69) is 20.9 Å². The first kappa shape index (κ1) is 8.35. The van der Waals surface area contributed by atoms with Gasteiger partial charge in [-0.3, -0.25) is 4.40 Å². The van der Waals surface area contributed by atoms with Gasteiger partial charge in [0.2, 0.25) is 0 Å². The first-order valence-electron chi connectivity index (χ1n) is 3.18. The molecule has 0 radical (unpaired) electrons. The van der Waals surface area contributed by atoms with Crippen LogP contribution in [-0.4, -0.2) is 9.38 Å². The van der Waals surface area contributed by atoms with E-state index in [1.54, 1.807) is 10.5 Å². The van der Waals surface area contributed by atoms with E-state index >= 15 is 0 Å². The molecule has 0 saturated carbocycles. The molecule has 62 valence electrons. The molecule has 0 atom stereocenters. The normalized spacial score (nSPS) is 10.9. The molecule has 0 spiro atoms. The van der Waals surface area contributed by atoms with Crippen molar-refractivity contribution in [2.24, 2.45) is 0 Å². The van der Waals surface area contributed by atoms with Crippen LogP contribution >= 0.6 is 39.1 Å². The van der Waals surface area contributed by atoms with Gasteiger partial charge in [0.1, 0.15) is 5.15 Å². The number of imidazole rings is 1. The number of fused-ring (bicyclic) bond motifs is 1. The van der Waals surface area contributed by atoms with E-state index in [4.69, 9.17) is 23.2 Å². The Morgan fingerprint density at radius 3 is 2.75 bits per heavy atom. The molecule has 0 amide bonds. The van der Waals surface area contributed by atoms with Crippen LogP contribution in [0.5, 0.6) is 0 Å². The van der Waals surface area contributed by atoms with Crippen molar-refractivity contribution in [3.8, 4) is 0 Å². The van der Waals surface area contributed by atoms with Gasteiger partial charge in [-0.1, -0.05) is 29.3 Å². The summed E-state index contributed by atoms with van der Waals surface area (Å²) >= 11 is 15.0. The molecule has 0 aliphatic rings. The number of aromatic nitrogens is 2. The molecule has 0 aliphatic heterocycles. The highest BCUT2D eigenvalue weighted by atomic mass is 79.9. The molecular weight excluding hydrogens is 263 g/mol. The lowest BCUT2D eigenvalue weighted by Crippen LogP contribution is -1.84. The van der Waals surface area contributed by atoms with Gasteiger partial charge in [-0.2, -0.15) is 0 Å². The number of pyridine rings is 1. The molecular formula is C7H3BrCl2N2. The number of rotatable bonds is 0. The number of nitrogens with zero attached hydrogens (tertiary/aromatic N) is 2. The van der Waals surface area contributed by atoms with Crippen molar-refractivity contribution in [2.75, 3.05) is 0 Å². The van der Waals surface area contributed by atoms with Crippen LogP contribution in [0.15, 0.2) is 22.9 Å². The third kappa shape index (κ3) is 1.13. The third-order valence-electron chi connectivity index (χ3n) is 1.53. The maximum atomic E-state index is 5.91. The quantitative estimate of drug-likeness (QED) is 0.668. The first-order chi connectivity index (χ1) is 5.70. The molecule has 0 aliphatic carbocycles. The predicted octanol–water partition coefficient (Wildman–Crippen LogP) is 3.40. The van der Waals surface area contributed by atoms with Gasteiger partial charge in [-0.15, -0.1) is 0 Å². The second-order valence-corrected chi connectivity index (χ2v) is 3.70. The fraction of sp³-hybridized carbons (Fsp3) is 0. The minimum absolute atomic E-state index is 0.448. The van der Waals surface area contributed by atoms with Crippen molar-refractivity contribution >= 4 is 44.6 Å². The summed E-state index contributed by atoms with van der Waals surface area (Å²) in [5, 5.41) is 1.03. The molecule has 2 aromatic rings.